The van der Waals surface area contributed by atoms with Gasteiger partial charge in [-0.3, -0.25) is 0 Å². The average Bonchev–Trinajstić information content (AvgIpc) is 2.41. The molecule has 0 amide bonds. The zero-order chi connectivity index (χ0) is 15.1. The first-order valence-electron chi connectivity index (χ1n) is 9.23. The van der Waals surface area contributed by atoms with Crippen molar-refractivity contribution in [1.82, 2.24) is 0 Å². The van der Waals surface area contributed by atoms with E-state index in [1.165, 1.54) is 82.7 Å². The van der Waals surface area contributed by atoms with Crippen LogP contribution in [-0.2, 0) is 0 Å². The van der Waals surface area contributed by atoms with Crippen molar-refractivity contribution < 1.29 is 5.11 Å². The Labute approximate surface area is 129 Å². The van der Waals surface area contributed by atoms with E-state index in [-0.39, 0.29) is 0 Å². The molecule has 0 spiro atoms. The lowest BCUT2D eigenvalue weighted by atomic mass is 10.1. The summed E-state index contributed by atoms with van der Waals surface area (Å²) in [5.74, 6) is 0. The van der Waals surface area contributed by atoms with Gasteiger partial charge in [-0.25, -0.2) is 0 Å². The summed E-state index contributed by atoms with van der Waals surface area (Å²) in [6, 6.07) is 3.02. The van der Waals surface area contributed by atoms with Crippen molar-refractivity contribution in [2.75, 3.05) is 6.61 Å². The van der Waals surface area contributed by atoms with Gasteiger partial charge in [0.05, 0.1) is 0 Å². The van der Waals surface area contributed by atoms with Crippen molar-refractivity contribution in [3.05, 3.63) is 0 Å². The molecular weight excluding hydrogens is 260 g/mol. The van der Waals surface area contributed by atoms with Crippen LogP contribution in [0.15, 0.2) is 0 Å². The Morgan fingerprint density at radius 1 is 0.600 bits per heavy atom. The van der Waals surface area contributed by atoms with Gasteiger partial charge >= 0.3 is 0 Å². The molecule has 0 aliphatic rings. The van der Waals surface area contributed by atoms with Gasteiger partial charge < -0.3 is 5.11 Å². The summed E-state index contributed by atoms with van der Waals surface area (Å²) in [6.07, 6.45) is 16.5. The van der Waals surface area contributed by atoms with Crippen molar-refractivity contribution in [3.8, 4) is 0 Å². The molecule has 0 saturated heterocycles. The maximum absolute atomic E-state index is 8.77. The lowest BCUT2D eigenvalue weighted by Crippen LogP contribution is -2.24. The standard InChI is InChI=1S/C18H40OSi/c1-4-5-6-7-8-9-11-14-17-20(2,3)18-15-12-10-13-16-19/h19H,4-18H2,1-3H3. The molecule has 20 heavy (non-hydrogen) atoms. The van der Waals surface area contributed by atoms with Crippen LogP contribution in [0.5, 0.6) is 0 Å². The fourth-order valence-corrected chi connectivity index (χ4v) is 5.60. The van der Waals surface area contributed by atoms with Gasteiger partial charge in [-0.15, -0.1) is 0 Å². The van der Waals surface area contributed by atoms with Gasteiger partial charge in [-0.1, -0.05) is 103 Å². The van der Waals surface area contributed by atoms with Crippen LogP contribution in [0.4, 0.5) is 0 Å². The third-order valence-corrected chi connectivity index (χ3v) is 7.88. The third kappa shape index (κ3) is 14.6. The van der Waals surface area contributed by atoms with Gasteiger partial charge in [0, 0.05) is 14.7 Å². The molecule has 0 rings (SSSR count). The number of aliphatic hydroxyl groups excluding tert-OH is 1. The highest BCUT2D eigenvalue weighted by molar-refractivity contribution is 6.77. The van der Waals surface area contributed by atoms with Crippen LogP contribution in [0, 0.1) is 0 Å². The van der Waals surface area contributed by atoms with Crippen LogP contribution < -0.4 is 0 Å². The van der Waals surface area contributed by atoms with Gasteiger partial charge in [-0.05, 0) is 6.42 Å². The molecule has 1 N–H and O–H groups in total. The van der Waals surface area contributed by atoms with Crippen molar-refractivity contribution in [3.63, 3.8) is 0 Å². The molecule has 0 bridgehead atoms. The molecule has 1 nitrogen and oxygen atoms in total. The van der Waals surface area contributed by atoms with Gasteiger partial charge in [0.1, 0.15) is 0 Å². The van der Waals surface area contributed by atoms with E-state index in [0.717, 1.165) is 6.42 Å². The Kier molecular flexibility index (Phi) is 14.3. The number of rotatable bonds is 15. The van der Waals surface area contributed by atoms with Crippen LogP contribution in [0.2, 0.25) is 25.2 Å². The minimum absolute atomic E-state index is 0.374. The number of aliphatic hydroxyl groups is 1. The molecule has 0 aromatic carbocycles. The van der Waals surface area contributed by atoms with Crippen LogP contribution in [0.25, 0.3) is 0 Å². The normalized spacial score (nSPS) is 12.0. The molecule has 0 aromatic rings. The van der Waals surface area contributed by atoms with E-state index in [0.29, 0.717) is 6.61 Å². The Morgan fingerprint density at radius 3 is 1.45 bits per heavy atom. The van der Waals surface area contributed by atoms with E-state index >= 15 is 0 Å². The van der Waals surface area contributed by atoms with Crippen LogP contribution in [0.1, 0.15) is 84.0 Å². The summed E-state index contributed by atoms with van der Waals surface area (Å²) in [7, 11) is -0.907. The van der Waals surface area contributed by atoms with Crippen molar-refractivity contribution in [2.24, 2.45) is 0 Å². The Bertz CT molecular complexity index is 192. The second-order valence-corrected chi connectivity index (χ2v) is 12.6. The first-order valence-corrected chi connectivity index (χ1v) is 12.6. The molecular formula is C18H40OSi. The van der Waals surface area contributed by atoms with E-state index in [9.17, 15) is 0 Å². The lowest BCUT2D eigenvalue weighted by molar-refractivity contribution is 0.283. The maximum Gasteiger partial charge on any atom is 0.0473 e. The van der Waals surface area contributed by atoms with Crippen molar-refractivity contribution in [2.45, 2.75) is 109 Å². The van der Waals surface area contributed by atoms with Crippen LogP contribution >= 0.6 is 0 Å². The molecule has 0 aromatic heterocycles. The van der Waals surface area contributed by atoms with E-state index in [2.05, 4.69) is 20.0 Å². The van der Waals surface area contributed by atoms with Crippen LogP contribution in [0.3, 0.4) is 0 Å². The largest absolute Gasteiger partial charge is 0.396 e. The molecule has 0 saturated carbocycles. The SMILES string of the molecule is CCCCCCCCCC[Si](C)(C)CCCCCCO. The summed E-state index contributed by atoms with van der Waals surface area (Å²) >= 11 is 0. The molecule has 2 heteroatoms. The molecule has 0 unspecified atom stereocenters. The predicted octanol–water partition coefficient (Wildman–Crippen LogP) is 6.39. The van der Waals surface area contributed by atoms with E-state index in [1.54, 1.807) is 0 Å². The van der Waals surface area contributed by atoms with Crippen LogP contribution in [-0.4, -0.2) is 19.8 Å². The molecule has 0 heterocycles. The van der Waals surface area contributed by atoms with E-state index in [1.807, 2.05) is 0 Å². The minimum Gasteiger partial charge on any atom is -0.396 e. The van der Waals surface area contributed by atoms with E-state index < -0.39 is 8.07 Å². The topological polar surface area (TPSA) is 20.2 Å². The summed E-state index contributed by atoms with van der Waals surface area (Å²) in [4.78, 5) is 0. The minimum atomic E-state index is -0.907. The van der Waals surface area contributed by atoms with Gasteiger partial charge in [0.15, 0.2) is 0 Å². The zero-order valence-electron chi connectivity index (χ0n) is 14.6. The molecule has 122 valence electrons. The number of unbranched alkanes of at least 4 members (excludes halogenated alkanes) is 10. The Hall–Kier alpha value is 0.177. The maximum atomic E-state index is 8.77. The Morgan fingerprint density at radius 2 is 1.00 bits per heavy atom. The highest BCUT2D eigenvalue weighted by Crippen LogP contribution is 2.23. The second-order valence-electron chi connectivity index (χ2n) is 7.28. The quantitative estimate of drug-likeness (QED) is 0.274. The molecule has 0 radical (unpaired) electrons. The summed E-state index contributed by atoms with van der Waals surface area (Å²) in [6.45, 7) is 7.80. The molecule has 0 atom stereocenters. The summed E-state index contributed by atoms with van der Waals surface area (Å²) in [5.41, 5.74) is 0. The van der Waals surface area contributed by atoms with Gasteiger partial charge in [-0.2, -0.15) is 0 Å². The van der Waals surface area contributed by atoms with Gasteiger partial charge in [0.25, 0.3) is 0 Å². The highest BCUT2D eigenvalue weighted by atomic mass is 28.3. The highest BCUT2D eigenvalue weighted by Gasteiger charge is 2.18. The number of hydrogen-bond donors (Lipinski definition) is 1. The summed E-state index contributed by atoms with van der Waals surface area (Å²) in [5, 5.41) is 8.77. The third-order valence-electron chi connectivity index (χ3n) is 4.47. The van der Waals surface area contributed by atoms with Crippen molar-refractivity contribution >= 4 is 8.07 Å². The summed E-state index contributed by atoms with van der Waals surface area (Å²) < 4.78 is 0. The lowest BCUT2D eigenvalue weighted by Gasteiger charge is -2.22. The second kappa shape index (κ2) is 14.1. The first-order chi connectivity index (χ1) is 9.62. The fourth-order valence-electron chi connectivity index (χ4n) is 2.93. The molecule has 0 fully saturated rings. The van der Waals surface area contributed by atoms with E-state index in [4.69, 9.17) is 5.11 Å². The smallest absolute Gasteiger partial charge is 0.0473 e. The average molecular weight is 301 g/mol. The predicted molar refractivity (Wildman–Crippen MR) is 95.3 cm³/mol. The Balaban J connectivity index is 3.33. The zero-order valence-corrected chi connectivity index (χ0v) is 15.6. The fraction of sp³-hybridized carbons (Fsp3) is 1.00. The van der Waals surface area contributed by atoms with Crippen molar-refractivity contribution in [1.29, 1.82) is 0 Å². The number of hydrogen-bond acceptors (Lipinski definition) is 1. The molecule has 0 aliphatic heterocycles. The molecule has 0 aliphatic carbocycles. The van der Waals surface area contributed by atoms with Gasteiger partial charge in [0.2, 0.25) is 0 Å². The monoisotopic (exact) mass is 300 g/mol. The first kappa shape index (κ1) is 20.2.